The second-order valence-corrected chi connectivity index (χ2v) is 5.16. The van der Waals surface area contributed by atoms with Crippen molar-refractivity contribution in [2.75, 3.05) is 14.2 Å². The van der Waals surface area contributed by atoms with Crippen LogP contribution in [0.15, 0.2) is 47.5 Å². The van der Waals surface area contributed by atoms with Gasteiger partial charge < -0.3 is 16.2 Å². The van der Waals surface area contributed by atoms with Crippen molar-refractivity contribution in [2.45, 2.75) is 19.4 Å². The fraction of sp³-hybridized carbons (Fsp3) is 0.278. The minimum Gasteiger partial charge on any atom is -0.496 e. The van der Waals surface area contributed by atoms with Crippen LogP contribution in [0.5, 0.6) is 5.75 Å². The third-order valence-electron chi connectivity index (χ3n) is 3.76. The molecule has 0 saturated heterocycles. The highest BCUT2D eigenvalue weighted by molar-refractivity contribution is 5.97. The molecule has 0 atom stereocenters. The number of nitrogens with zero attached hydrogens (tertiary/aromatic N) is 1. The van der Waals surface area contributed by atoms with Crippen LogP contribution in [0.25, 0.3) is 0 Å². The molecule has 0 aromatic heterocycles. The first-order valence-electron chi connectivity index (χ1n) is 7.35. The Labute approximate surface area is 156 Å². The molecule has 0 aliphatic carbocycles. The van der Waals surface area contributed by atoms with Gasteiger partial charge >= 0.3 is 0 Å². The number of aryl methyl sites for hydroxylation is 2. The molecule has 0 radical (unpaired) electrons. The molecule has 2 aromatic carbocycles. The Bertz CT molecular complexity index is 658. The number of nitrogens with two attached hydrogens (primary N) is 2. The van der Waals surface area contributed by atoms with Gasteiger partial charge in [-0.15, -0.1) is 24.8 Å². The summed E-state index contributed by atoms with van der Waals surface area (Å²) in [7, 11) is 3.39. The lowest BCUT2D eigenvalue weighted by Gasteiger charge is -2.10. The van der Waals surface area contributed by atoms with E-state index < -0.39 is 0 Å². The average Bonchev–Trinajstić information content (AvgIpc) is 2.59. The van der Waals surface area contributed by atoms with Crippen molar-refractivity contribution in [1.29, 1.82) is 0 Å². The SMILES string of the molecule is CN=C(N)c1ccc(CCc2ccc(CN)cc2OC)cc1.Cl.Cl. The van der Waals surface area contributed by atoms with Gasteiger partial charge in [-0.3, -0.25) is 4.99 Å². The first-order valence-corrected chi connectivity index (χ1v) is 7.35. The van der Waals surface area contributed by atoms with E-state index in [4.69, 9.17) is 16.2 Å². The van der Waals surface area contributed by atoms with Crippen LogP contribution in [-0.4, -0.2) is 20.0 Å². The molecule has 2 aromatic rings. The fourth-order valence-corrected chi connectivity index (χ4v) is 2.37. The van der Waals surface area contributed by atoms with E-state index in [0.29, 0.717) is 12.4 Å². The van der Waals surface area contributed by atoms with Gasteiger partial charge in [-0.05, 0) is 35.6 Å². The second-order valence-electron chi connectivity index (χ2n) is 5.16. The summed E-state index contributed by atoms with van der Waals surface area (Å²) in [6.07, 6.45) is 1.87. The van der Waals surface area contributed by atoms with Crippen LogP contribution in [0.4, 0.5) is 0 Å². The van der Waals surface area contributed by atoms with Crippen molar-refractivity contribution < 1.29 is 4.74 Å². The van der Waals surface area contributed by atoms with Gasteiger partial charge in [-0.2, -0.15) is 0 Å². The van der Waals surface area contributed by atoms with Crippen molar-refractivity contribution in [3.05, 3.63) is 64.7 Å². The summed E-state index contributed by atoms with van der Waals surface area (Å²) >= 11 is 0. The molecule has 4 nitrogen and oxygen atoms in total. The predicted octanol–water partition coefficient (Wildman–Crippen LogP) is 3.12. The number of hydrogen-bond acceptors (Lipinski definition) is 3. The Morgan fingerprint density at radius 1 is 1.00 bits per heavy atom. The second kappa shape index (κ2) is 10.9. The Balaban J connectivity index is 0.00000264. The third-order valence-corrected chi connectivity index (χ3v) is 3.76. The highest BCUT2D eigenvalue weighted by Crippen LogP contribution is 2.22. The number of halogens is 2. The van der Waals surface area contributed by atoms with E-state index in [2.05, 4.69) is 29.3 Å². The molecular formula is C18H25Cl2N3O. The van der Waals surface area contributed by atoms with E-state index in [1.165, 1.54) is 11.1 Å². The molecule has 4 N–H and O–H groups in total. The molecule has 0 saturated carbocycles. The number of amidine groups is 1. The molecule has 0 heterocycles. The fourth-order valence-electron chi connectivity index (χ4n) is 2.37. The topological polar surface area (TPSA) is 73.6 Å². The van der Waals surface area contributed by atoms with Gasteiger partial charge in [0.2, 0.25) is 0 Å². The monoisotopic (exact) mass is 369 g/mol. The summed E-state index contributed by atoms with van der Waals surface area (Å²) in [5.74, 6) is 1.47. The van der Waals surface area contributed by atoms with Crippen LogP contribution in [-0.2, 0) is 19.4 Å². The summed E-state index contributed by atoms with van der Waals surface area (Å²) < 4.78 is 5.45. The normalized spacial score (nSPS) is 10.5. The quantitative estimate of drug-likeness (QED) is 0.606. The van der Waals surface area contributed by atoms with Gasteiger partial charge in [0, 0.05) is 19.2 Å². The van der Waals surface area contributed by atoms with Gasteiger partial charge in [-0.25, -0.2) is 0 Å². The van der Waals surface area contributed by atoms with Gasteiger partial charge in [-0.1, -0.05) is 36.4 Å². The molecule has 0 spiro atoms. The standard InChI is InChI=1S/C18H23N3O.2ClH/c1-21-18(20)16-9-4-13(5-10-16)3-7-15-8-6-14(12-19)11-17(15)22-2;;/h4-6,8-11H,3,7,12,19H2,1-2H3,(H2,20,21);2*1H. The largest absolute Gasteiger partial charge is 0.496 e. The molecule has 0 aliphatic heterocycles. The molecule has 0 aliphatic rings. The van der Waals surface area contributed by atoms with Crippen molar-refractivity contribution in [2.24, 2.45) is 16.5 Å². The highest BCUT2D eigenvalue weighted by Gasteiger charge is 2.05. The third kappa shape index (κ3) is 5.71. The van der Waals surface area contributed by atoms with Crippen LogP contribution in [0.2, 0.25) is 0 Å². The lowest BCUT2D eigenvalue weighted by atomic mass is 10.0. The molecule has 0 bridgehead atoms. The van der Waals surface area contributed by atoms with Crippen molar-refractivity contribution in [3.63, 3.8) is 0 Å². The van der Waals surface area contributed by atoms with E-state index >= 15 is 0 Å². The van der Waals surface area contributed by atoms with Crippen molar-refractivity contribution >= 4 is 30.6 Å². The smallest absolute Gasteiger partial charge is 0.125 e. The lowest BCUT2D eigenvalue weighted by molar-refractivity contribution is 0.409. The zero-order chi connectivity index (χ0) is 15.9. The summed E-state index contributed by atoms with van der Waals surface area (Å²) in [5, 5.41) is 0. The molecular weight excluding hydrogens is 345 g/mol. The molecule has 2 rings (SSSR count). The summed E-state index contributed by atoms with van der Waals surface area (Å²) in [6.45, 7) is 0.526. The number of rotatable bonds is 6. The van der Waals surface area contributed by atoms with Crippen LogP contribution in [0.3, 0.4) is 0 Å². The summed E-state index contributed by atoms with van der Waals surface area (Å²) in [6, 6.07) is 14.4. The Kier molecular flexibility index (Phi) is 10.1. The summed E-state index contributed by atoms with van der Waals surface area (Å²) in [5.41, 5.74) is 16.0. The number of methoxy groups -OCH3 is 1. The molecule has 6 heteroatoms. The van der Waals surface area contributed by atoms with E-state index in [0.717, 1.165) is 29.7 Å². The van der Waals surface area contributed by atoms with Gasteiger partial charge in [0.05, 0.1) is 7.11 Å². The highest BCUT2D eigenvalue weighted by atomic mass is 35.5. The van der Waals surface area contributed by atoms with Crippen LogP contribution in [0, 0.1) is 0 Å². The minimum atomic E-state index is 0. The van der Waals surface area contributed by atoms with Crippen LogP contribution in [0.1, 0.15) is 22.3 Å². The molecule has 0 fully saturated rings. The van der Waals surface area contributed by atoms with E-state index in [1.807, 2.05) is 18.2 Å². The molecule has 0 unspecified atom stereocenters. The Hall–Kier alpha value is -1.75. The number of aliphatic imine (C=N–C) groups is 1. The van der Waals surface area contributed by atoms with E-state index in [9.17, 15) is 0 Å². The maximum absolute atomic E-state index is 5.80. The maximum Gasteiger partial charge on any atom is 0.125 e. The summed E-state index contributed by atoms with van der Waals surface area (Å²) in [4.78, 5) is 3.99. The maximum atomic E-state index is 5.80. The van der Waals surface area contributed by atoms with E-state index in [1.54, 1.807) is 14.2 Å². The number of ether oxygens (including phenoxy) is 1. The number of hydrogen-bond donors (Lipinski definition) is 2. The minimum absolute atomic E-state index is 0. The van der Waals surface area contributed by atoms with Crippen LogP contribution < -0.4 is 16.2 Å². The first-order chi connectivity index (χ1) is 10.7. The van der Waals surface area contributed by atoms with Gasteiger partial charge in [0.25, 0.3) is 0 Å². The van der Waals surface area contributed by atoms with Crippen molar-refractivity contribution in [1.82, 2.24) is 0 Å². The Morgan fingerprint density at radius 3 is 2.17 bits per heavy atom. The number of benzene rings is 2. The zero-order valence-corrected chi connectivity index (χ0v) is 15.6. The lowest BCUT2D eigenvalue weighted by Crippen LogP contribution is -2.12. The zero-order valence-electron chi connectivity index (χ0n) is 14.0. The van der Waals surface area contributed by atoms with Crippen molar-refractivity contribution in [3.8, 4) is 5.75 Å². The predicted molar refractivity (Wildman–Crippen MR) is 106 cm³/mol. The molecule has 132 valence electrons. The molecule has 24 heavy (non-hydrogen) atoms. The van der Waals surface area contributed by atoms with Crippen LogP contribution >= 0.6 is 24.8 Å². The molecule has 0 amide bonds. The van der Waals surface area contributed by atoms with Gasteiger partial charge in [0.15, 0.2) is 0 Å². The van der Waals surface area contributed by atoms with Gasteiger partial charge in [0.1, 0.15) is 11.6 Å². The average molecular weight is 370 g/mol. The Morgan fingerprint density at radius 2 is 1.62 bits per heavy atom. The first kappa shape index (κ1) is 22.2. The van der Waals surface area contributed by atoms with E-state index in [-0.39, 0.29) is 24.8 Å².